The second-order valence-electron chi connectivity index (χ2n) is 6.42. The highest BCUT2D eigenvalue weighted by Crippen LogP contribution is 2.31. The fraction of sp³-hybridized carbons (Fsp3) is 0.250. The minimum atomic E-state index is -0.0212. The van der Waals surface area contributed by atoms with E-state index in [0.29, 0.717) is 0 Å². The largest absolute Gasteiger partial charge is 0.329 e. The molecular formula is C20H20N4O. The second-order valence-corrected chi connectivity index (χ2v) is 6.42. The van der Waals surface area contributed by atoms with E-state index in [1.807, 2.05) is 64.9 Å². The topological polar surface area (TPSA) is 50.5 Å². The summed E-state index contributed by atoms with van der Waals surface area (Å²) in [5.41, 5.74) is 3.03. The monoisotopic (exact) mass is 332 g/mol. The third-order valence-electron chi connectivity index (χ3n) is 4.63. The SMILES string of the molecule is Cc1cccc(/C=C\C(=O)N2CCC[C@H]2c2nnc3ccccn23)c1. The van der Waals surface area contributed by atoms with E-state index in [-0.39, 0.29) is 11.9 Å². The van der Waals surface area contributed by atoms with Crippen molar-refractivity contribution >= 4 is 17.6 Å². The van der Waals surface area contributed by atoms with E-state index in [2.05, 4.69) is 16.3 Å². The number of nitrogens with zero attached hydrogens (tertiary/aromatic N) is 4. The highest BCUT2D eigenvalue weighted by molar-refractivity contribution is 5.92. The Bertz CT molecular complexity index is 944. The average Bonchev–Trinajstić information content (AvgIpc) is 3.26. The molecule has 1 aromatic carbocycles. The smallest absolute Gasteiger partial charge is 0.247 e. The second kappa shape index (κ2) is 6.51. The van der Waals surface area contributed by atoms with Crippen molar-refractivity contribution in [2.24, 2.45) is 0 Å². The Morgan fingerprint density at radius 1 is 1.20 bits per heavy atom. The lowest BCUT2D eigenvalue weighted by Crippen LogP contribution is -2.30. The van der Waals surface area contributed by atoms with E-state index in [1.54, 1.807) is 6.08 Å². The number of hydrogen-bond acceptors (Lipinski definition) is 3. The average molecular weight is 332 g/mol. The van der Waals surface area contributed by atoms with Crippen molar-refractivity contribution in [3.8, 4) is 0 Å². The summed E-state index contributed by atoms with van der Waals surface area (Å²) in [6.07, 6.45) is 7.40. The van der Waals surface area contributed by atoms with Crippen molar-refractivity contribution in [3.63, 3.8) is 0 Å². The molecule has 3 heterocycles. The summed E-state index contributed by atoms with van der Waals surface area (Å²) in [6, 6.07) is 13.9. The van der Waals surface area contributed by atoms with Gasteiger partial charge in [-0.1, -0.05) is 35.9 Å². The maximum atomic E-state index is 12.7. The molecule has 126 valence electrons. The number of pyridine rings is 1. The molecule has 5 nitrogen and oxygen atoms in total. The van der Waals surface area contributed by atoms with Crippen molar-refractivity contribution in [2.45, 2.75) is 25.8 Å². The fourth-order valence-corrected chi connectivity index (χ4v) is 3.42. The Morgan fingerprint density at radius 2 is 2.12 bits per heavy atom. The molecule has 1 amide bonds. The van der Waals surface area contributed by atoms with Crippen LogP contribution in [0.15, 0.2) is 54.7 Å². The lowest BCUT2D eigenvalue weighted by Gasteiger charge is -2.22. The molecule has 25 heavy (non-hydrogen) atoms. The summed E-state index contributed by atoms with van der Waals surface area (Å²) >= 11 is 0. The summed E-state index contributed by atoms with van der Waals surface area (Å²) in [5.74, 6) is 0.863. The molecule has 0 unspecified atom stereocenters. The quantitative estimate of drug-likeness (QED) is 0.691. The summed E-state index contributed by atoms with van der Waals surface area (Å²) in [5, 5.41) is 8.55. The lowest BCUT2D eigenvalue weighted by molar-refractivity contribution is -0.127. The Labute approximate surface area is 146 Å². The van der Waals surface area contributed by atoms with Gasteiger partial charge in [0.15, 0.2) is 11.5 Å². The highest BCUT2D eigenvalue weighted by Gasteiger charge is 2.32. The van der Waals surface area contributed by atoms with Crippen LogP contribution in [-0.2, 0) is 4.79 Å². The number of rotatable bonds is 3. The molecule has 3 aromatic rings. The standard InChI is InChI=1S/C20H20N4O/c1-15-6-4-7-16(14-15)10-11-19(25)23-13-5-8-17(23)20-22-21-18-9-2-3-12-24(18)20/h2-4,6-7,9-12,14,17H,5,8,13H2,1H3/b11-10-/t17-/m0/s1. The van der Waals surface area contributed by atoms with Gasteiger partial charge in [0.1, 0.15) is 0 Å². The summed E-state index contributed by atoms with van der Waals surface area (Å²) in [6.45, 7) is 2.80. The molecule has 1 atom stereocenters. The molecule has 1 aliphatic heterocycles. The van der Waals surface area contributed by atoms with Crippen molar-refractivity contribution in [1.29, 1.82) is 0 Å². The summed E-state index contributed by atoms with van der Waals surface area (Å²) < 4.78 is 1.97. The first kappa shape index (κ1) is 15.6. The number of carbonyl (C=O) groups is 1. The molecule has 0 aliphatic carbocycles. The lowest BCUT2D eigenvalue weighted by atomic mass is 10.1. The number of aryl methyl sites for hydroxylation is 1. The van der Waals surface area contributed by atoms with E-state index < -0.39 is 0 Å². The number of amides is 1. The molecule has 1 fully saturated rings. The van der Waals surface area contributed by atoms with E-state index in [0.717, 1.165) is 36.4 Å². The van der Waals surface area contributed by atoms with Crippen LogP contribution in [0.3, 0.4) is 0 Å². The van der Waals surface area contributed by atoms with E-state index in [1.165, 1.54) is 5.56 Å². The summed E-state index contributed by atoms with van der Waals surface area (Å²) in [7, 11) is 0. The minimum absolute atomic E-state index is 0.0212. The van der Waals surface area contributed by atoms with Crippen LogP contribution in [0.4, 0.5) is 0 Å². The third-order valence-corrected chi connectivity index (χ3v) is 4.63. The van der Waals surface area contributed by atoms with Crippen molar-refractivity contribution in [1.82, 2.24) is 19.5 Å². The molecule has 5 heteroatoms. The van der Waals surface area contributed by atoms with Gasteiger partial charge in [-0.05, 0) is 43.5 Å². The number of fused-ring (bicyclic) bond motifs is 1. The van der Waals surface area contributed by atoms with Gasteiger partial charge in [-0.25, -0.2) is 0 Å². The van der Waals surface area contributed by atoms with Crippen LogP contribution in [0.5, 0.6) is 0 Å². The van der Waals surface area contributed by atoms with E-state index in [4.69, 9.17) is 0 Å². The Balaban J connectivity index is 1.58. The molecule has 0 spiro atoms. The van der Waals surface area contributed by atoms with Crippen molar-refractivity contribution in [2.75, 3.05) is 6.54 Å². The zero-order valence-electron chi connectivity index (χ0n) is 14.2. The van der Waals surface area contributed by atoms with Gasteiger partial charge in [0.2, 0.25) is 5.91 Å². The van der Waals surface area contributed by atoms with Gasteiger partial charge in [-0.2, -0.15) is 0 Å². The number of hydrogen-bond donors (Lipinski definition) is 0. The van der Waals surface area contributed by atoms with Crippen molar-refractivity contribution in [3.05, 3.63) is 71.7 Å². The fourth-order valence-electron chi connectivity index (χ4n) is 3.42. The number of likely N-dealkylation sites (tertiary alicyclic amines) is 1. The first-order valence-electron chi connectivity index (χ1n) is 8.57. The predicted octanol–water partition coefficient (Wildman–Crippen LogP) is 3.41. The van der Waals surface area contributed by atoms with Gasteiger partial charge in [-0.15, -0.1) is 10.2 Å². The molecule has 2 aromatic heterocycles. The van der Waals surface area contributed by atoms with Gasteiger partial charge in [0, 0.05) is 18.8 Å². The minimum Gasteiger partial charge on any atom is -0.329 e. The normalized spacial score (nSPS) is 17.6. The zero-order chi connectivity index (χ0) is 17.2. The maximum Gasteiger partial charge on any atom is 0.247 e. The van der Waals surface area contributed by atoms with Gasteiger partial charge in [-0.3, -0.25) is 9.20 Å². The van der Waals surface area contributed by atoms with Gasteiger partial charge >= 0.3 is 0 Å². The molecule has 0 N–H and O–H groups in total. The Kier molecular flexibility index (Phi) is 4.06. The number of benzene rings is 1. The molecule has 0 saturated carbocycles. The molecule has 0 radical (unpaired) electrons. The first-order valence-corrected chi connectivity index (χ1v) is 8.57. The molecular weight excluding hydrogens is 312 g/mol. The van der Waals surface area contributed by atoms with Gasteiger partial charge < -0.3 is 4.90 Å². The van der Waals surface area contributed by atoms with E-state index in [9.17, 15) is 4.79 Å². The molecule has 4 rings (SSSR count). The molecule has 1 saturated heterocycles. The van der Waals surface area contributed by atoms with Crippen LogP contribution in [0.2, 0.25) is 0 Å². The summed E-state index contributed by atoms with van der Waals surface area (Å²) in [4.78, 5) is 14.6. The predicted molar refractivity (Wildman–Crippen MR) is 96.9 cm³/mol. The van der Waals surface area contributed by atoms with Crippen LogP contribution >= 0.6 is 0 Å². The molecule has 0 bridgehead atoms. The van der Waals surface area contributed by atoms with Crippen LogP contribution in [0.25, 0.3) is 11.7 Å². The molecule has 1 aliphatic rings. The zero-order valence-corrected chi connectivity index (χ0v) is 14.2. The Hall–Kier alpha value is -2.95. The van der Waals surface area contributed by atoms with E-state index >= 15 is 0 Å². The van der Waals surface area contributed by atoms with Crippen LogP contribution in [0, 0.1) is 6.92 Å². The van der Waals surface area contributed by atoms with Crippen LogP contribution in [-0.4, -0.2) is 31.9 Å². The highest BCUT2D eigenvalue weighted by atomic mass is 16.2. The number of carbonyl (C=O) groups excluding carboxylic acids is 1. The first-order chi connectivity index (χ1) is 12.2. The number of aromatic nitrogens is 3. The third kappa shape index (κ3) is 3.05. The van der Waals surface area contributed by atoms with Crippen LogP contribution in [0.1, 0.15) is 35.8 Å². The van der Waals surface area contributed by atoms with Gasteiger partial charge in [0.05, 0.1) is 6.04 Å². The van der Waals surface area contributed by atoms with Crippen molar-refractivity contribution < 1.29 is 4.79 Å². The van der Waals surface area contributed by atoms with Gasteiger partial charge in [0.25, 0.3) is 0 Å². The van der Waals surface area contributed by atoms with Crippen LogP contribution < -0.4 is 0 Å². The maximum absolute atomic E-state index is 12.7. The Morgan fingerprint density at radius 3 is 3.00 bits per heavy atom.